The first-order chi connectivity index (χ1) is 9.67. The number of aromatic nitrogens is 2. The summed E-state index contributed by atoms with van der Waals surface area (Å²) in [7, 11) is 2.17. The molecule has 108 valence electrons. The zero-order chi connectivity index (χ0) is 14.1. The molecule has 4 N–H and O–H groups in total. The van der Waals surface area contributed by atoms with Gasteiger partial charge in [0.25, 0.3) is 0 Å². The van der Waals surface area contributed by atoms with Crippen LogP contribution in [0.3, 0.4) is 0 Å². The number of anilines is 2. The average Bonchev–Trinajstić information content (AvgIpc) is 2.90. The summed E-state index contributed by atoms with van der Waals surface area (Å²) in [5.41, 5.74) is 2.54. The lowest BCUT2D eigenvalue weighted by molar-refractivity contribution is 0.206. The Balaban J connectivity index is 1.88. The molecule has 6 nitrogen and oxygen atoms in total. The zero-order valence-electron chi connectivity index (χ0n) is 11.8. The van der Waals surface area contributed by atoms with E-state index in [-0.39, 0.29) is 0 Å². The van der Waals surface area contributed by atoms with Gasteiger partial charge in [-0.05, 0) is 37.4 Å². The number of nitrogens with zero attached hydrogens (tertiary/aromatic N) is 3. The molecule has 1 fully saturated rings. The van der Waals surface area contributed by atoms with Gasteiger partial charge in [-0.15, -0.1) is 11.3 Å². The molecule has 1 aliphatic rings. The van der Waals surface area contributed by atoms with E-state index in [1.54, 1.807) is 11.3 Å². The number of nitrogen functional groups attached to an aromatic ring is 1. The molecule has 1 saturated heterocycles. The molecule has 2 aromatic heterocycles. The molecule has 0 aliphatic carbocycles. The van der Waals surface area contributed by atoms with Crippen molar-refractivity contribution in [1.29, 1.82) is 0 Å². The maximum atomic E-state index is 5.45. The van der Waals surface area contributed by atoms with E-state index in [1.165, 1.54) is 0 Å². The van der Waals surface area contributed by atoms with Crippen LogP contribution in [0, 0.1) is 5.92 Å². The van der Waals surface area contributed by atoms with E-state index < -0.39 is 0 Å². The van der Waals surface area contributed by atoms with Gasteiger partial charge in [0.1, 0.15) is 10.6 Å². The molecule has 20 heavy (non-hydrogen) atoms. The highest BCUT2D eigenvalue weighted by atomic mass is 32.1. The second kappa shape index (κ2) is 5.51. The van der Waals surface area contributed by atoms with Crippen LogP contribution in [0.2, 0.25) is 0 Å². The van der Waals surface area contributed by atoms with Crippen LogP contribution in [0.5, 0.6) is 0 Å². The summed E-state index contributed by atoms with van der Waals surface area (Å²) in [4.78, 5) is 12.2. The van der Waals surface area contributed by atoms with Gasteiger partial charge in [0.15, 0.2) is 0 Å². The quantitative estimate of drug-likeness (QED) is 0.590. The van der Waals surface area contributed by atoms with Crippen LogP contribution in [0.15, 0.2) is 11.4 Å². The second-order valence-electron chi connectivity index (χ2n) is 5.46. The Labute approximate surface area is 122 Å². The number of hydrazine groups is 1. The molecule has 0 amide bonds. The summed E-state index contributed by atoms with van der Waals surface area (Å²) in [6.07, 6.45) is 1.12. The van der Waals surface area contributed by atoms with Gasteiger partial charge in [-0.3, -0.25) is 5.43 Å². The number of likely N-dealkylation sites (tertiary alicyclic amines) is 1. The Morgan fingerprint density at radius 3 is 3.05 bits per heavy atom. The highest BCUT2D eigenvalue weighted by molar-refractivity contribution is 7.16. The van der Waals surface area contributed by atoms with Crippen LogP contribution in [-0.4, -0.2) is 41.0 Å². The number of rotatable bonds is 3. The van der Waals surface area contributed by atoms with E-state index in [1.807, 2.05) is 5.38 Å². The van der Waals surface area contributed by atoms with Gasteiger partial charge < -0.3 is 10.2 Å². The molecule has 0 radical (unpaired) electrons. The molecule has 0 bridgehead atoms. The molecular weight excluding hydrogens is 272 g/mol. The predicted molar refractivity (Wildman–Crippen MR) is 83.9 cm³/mol. The van der Waals surface area contributed by atoms with Gasteiger partial charge in [-0.25, -0.2) is 10.8 Å². The van der Waals surface area contributed by atoms with Crippen molar-refractivity contribution in [3.8, 4) is 0 Å². The molecule has 2 aromatic rings. The summed E-state index contributed by atoms with van der Waals surface area (Å²) in [6.45, 7) is 4.50. The highest BCUT2D eigenvalue weighted by Crippen LogP contribution is 2.28. The first-order valence-electron chi connectivity index (χ1n) is 6.84. The summed E-state index contributed by atoms with van der Waals surface area (Å²) >= 11 is 1.60. The van der Waals surface area contributed by atoms with Crippen molar-refractivity contribution in [3.05, 3.63) is 11.4 Å². The van der Waals surface area contributed by atoms with E-state index in [0.717, 1.165) is 35.5 Å². The third-order valence-corrected chi connectivity index (χ3v) is 4.69. The standard InChI is InChI=1S/C13H20N6S/c1-8-7-19(2)5-3-10(8)15-11-9-4-6-20-12(9)17-13(16-11)18-14/h4,6,8,10H,3,5,7,14H2,1-2H3,(H2,15,16,17,18). The topological polar surface area (TPSA) is 79.1 Å². The maximum absolute atomic E-state index is 5.45. The Kier molecular flexibility index (Phi) is 3.73. The maximum Gasteiger partial charge on any atom is 0.240 e. The molecule has 0 aromatic carbocycles. The van der Waals surface area contributed by atoms with E-state index >= 15 is 0 Å². The third kappa shape index (κ3) is 2.56. The van der Waals surface area contributed by atoms with Crippen molar-refractivity contribution in [2.75, 3.05) is 30.9 Å². The van der Waals surface area contributed by atoms with Gasteiger partial charge in [-0.1, -0.05) is 6.92 Å². The van der Waals surface area contributed by atoms with Crippen LogP contribution < -0.4 is 16.6 Å². The molecular formula is C13H20N6S. The average molecular weight is 292 g/mol. The number of hydrogen-bond donors (Lipinski definition) is 3. The number of fused-ring (bicyclic) bond motifs is 1. The monoisotopic (exact) mass is 292 g/mol. The van der Waals surface area contributed by atoms with Crippen molar-refractivity contribution in [2.45, 2.75) is 19.4 Å². The largest absolute Gasteiger partial charge is 0.366 e. The lowest BCUT2D eigenvalue weighted by atomic mass is 9.94. The normalized spacial score (nSPS) is 23.9. The fourth-order valence-electron chi connectivity index (χ4n) is 2.77. The van der Waals surface area contributed by atoms with E-state index in [2.05, 4.69) is 45.6 Å². The summed E-state index contributed by atoms with van der Waals surface area (Å²) in [5.74, 6) is 7.38. The molecule has 1 aliphatic heterocycles. The minimum absolute atomic E-state index is 0.440. The van der Waals surface area contributed by atoms with Gasteiger partial charge in [0.05, 0.1) is 5.39 Å². The van der Waals surface area contributed by atoms with Crippen LogP contribution in [0.4, 0.5) is 11.8 Å². The highest BCUT2D eigenvalue weighted by Gasteiger charge is 2.25. The van der Waals surface area contributed by atoms with Gasteiger partial charge in [-0.2, -0.15) is 4.98 Å². The predicted octanol–water partition coefficient (Wildman–Crippen LogP) is 1.73. The Morgan fingerprint density at radius 2 is 2.30 bits per heavy atom. The summed E-state index contributed by atoms with van der Waals surface area (Å²) in [5, 5.41) is 6.69. The Morgan fingerprint density at radius 1 is 1.45 bits per heavy atom. The SMILES string of the molecule is CC1CN(C)CCC1Nc1nc(NN)nc2sccc12. The van der Waals surface area contributed by atoms with E-state index in [0.29, 0.717) is 17.9 Å². The Hall–Kier alpha value is -1.44. The zero-order valence-corrected chi connectivity index (χ0v) is 12.6. The fourth-order valence-corrected chi connectivity index (χ4v) is 3.54. The first kappa shape index (κ1) is 13.5. The van der Waals surface area contributed by atoms with Crippen molar-refractivity contribution in [1.82, 2.24) is 14.9 Å². The molecule has 0 saturated carbocycles. The smallest absolute Gasteiger partial charge is 0.240 e. The first-order valence-corrected chi connectivity index (χ1v) is 7.72. The molecule has 7 heteroatoms. The number of thiophene rings is 1. The van der Waals surface area contributed by atoms with Crippen molar-refractivity contribution in [3.63, 3.8) is 0 Å². The molecule has 2 unspecified atom stereocenters. The van der Waals surface area contributed by atoms with E-state index in [4.69, 9.17) is 5.84 Å². The van der Waals surface area contributed by atoms with Gasteiger partial charge in [0.2, 0.25) is 5.95 Å². The van der Waals surface area contributed by atoms with Crippen LogP contribution in [0.1, 0.15) is 13.3 Å². The van der Waals surface area contributed by atoms with Crippen LogP contribution in [-0.2, 0) is 0 Å². The fraction of sp³-hybridized carbons (Fsp3) is 0.538. The third-order valence-electron chi connectivity index (χ3n) is 3.88. The molecule has 3 heterocycles. The summed E-state index contributed by atoms with van der Waals surface area (Å²) < 4.78 is 0. The lowest BCUT2D eigenvalue weighted by Gasteiger charge is -2.35. The Bertz CT molecular complexity index is 598. The van der Waals surface area contributed by atoms with Crippen molar-refractivity contribution < 1.29 is 0 Å². The number of nitrogens with one attached hydrogen (secondary N) is 2. The number of piperidine rings is 1. The van der Waals surface area contributed by atoms with Gasteiger partial charge >= 0.3 is 0 Å². The minimum Gasteiger partial charge on any atom is -0.366 e. The second-order valence-corrected chi connectivity index (χ2v) is 6.35. The summed E-state index contributed by atoms with van der Waals surface area (Å²) in [6, 6.07) is 2.50. The van der Waals surface area contributed by atoms with E-state index in [9.17, 15) is 0 Å². The lowest BCUT2D eigenvalue weighted by Crippen LogP contribution is -2.43. The van der Waals surface area contributed by atoms with Gasteiger partial charge in [0, 0.05) is 12.6 Å². The molecule has 0 spiro atoms. The van der Waals surface area contributed by atoms with Crippen LogP contribution >= 0.6 is 11.3 Å². The number of nitrogens with two attached hydrogens (primary N) is 1. The minimum atomic E-state index is 0.440. The van der Waals surface area contributed by atoms with Crippen molar-refractivity contribution >= 4 is 33.3 Å². The molecule has 2 atom stereocenters. The number of hydrogen-bond acceptors (Lipinski definition) is 7. The molecule has 3 rings (SSSR count). The van der Waals surface area contributed by atoms with Crippen molar-refractivity contribution in [2.24, 2.45) is 11.8 Å². The van der Waals surface area contributed by atoms with Crippen LogP contribution in [0.25, 0.3) is 10.2 Å².